The van der Waals surface area contributed by atoms with E-state index in [4.69, 9.17) is 0 Å². The molecule has 0 bridgehead atoms. The van der Waals surface area contributed by atoms with E-state index in [1.165, 1.54) is 16.8 Å². The second kappa shape index (κ2) is 9.38. The summed E-state index contributed by atoms with van der Waals surface area (Å²) < 4.78 is 2.20. The molecular weight excluding hydrogens is 408 g/mol. The van der Waals surface area contributed by atoms with E-state index in [-0.39, 0.29) is 11.5 Å². The molecule has 0 aliphatic carbocycles. The van der Waals surface area contributed by atoms with Crippen molar-refractivity contribution in [2.75, 3.05) is 31.1 Å². The van der Waals surface area contributed by atoms with Crippen molar-refractivity contribution >= 4 is 17.7 Å². The molecule has 3 aromatic rings. The molecule has 1 saturated heterocycles. The van der Waals surface area contributed by atoms with Gasteiger partial charge in [0, 0.05) is 48.9 Å². The number of piperazine rings is 1. The molecule has 0 atom stereocenters. The lowest BCUT2D eigenvalue weighted by atomic mass is 10.1. The van der Waals surface area contributed by atoms with Crippen LogP contribution in [0.5, 0.6) is 0 Å². The van der Waals surface area contributed by atoms with Gasteiger partial charge in [-0.2, -0.15) is 5.26 Å². The van der Waals surface area contributed by atoms with Crippen molar-refractivity contribution in [3.63, 3.8) is 0 Å². The molecule has 0 saturated carbocycles. The van der Waals surface area contributed by atoms with Crippen molar-refractivity contribution < 1.29 is 4.79 Å². The third kappa shape index (κ3) is 4.42. The van der Waals surface area contributed by atoms with Crippen molar-refractivity contribution in [3.8, 4) is 11.8 Å². The van der Waals surface area contributed by atoms with Crippen molar-refractivity contribution in [3.05, 3.63) is 88.2 Å². The number of aryl methyl sites for hydroxylation is 2. The third-order valence-electron chi connectivity index (χ3n) is 6.63. The van der Waals surface area contributed by atoms with Gasteiger partial charge in [-0.05, 0) is 74.7 Å². The Morgan fingerprint density at radius 2 is 1.64 bits per heavy atom. The van der Waals surface area contributed by atoms with Crippen molar-refractivity contribution in [1.29, 1.82) is 5.26 Å². The molecule has 4 rings (SSSR count). The van der Waals surface area contributed by atoms with Gasteiger partial charge >= 0.3 is 0 Å². The number of aromatic nitrogens is 1. The number of anilines is 1. The quantitative estimate of drug-likeness (QED) is 0.427. The van der Waals surface area contributed by atoms with E-state index in [1.807, 2.05) is 25.1 Å². The molecule has 1 aliphatic heterocycles. The van der Waals surface area contributed by atoms with Crippen LogP contribution < -0.4 is 4.90 Å². The largest absolute Gasteiger partial charge is 0.368 e. The van der Waals surface area contributed by atoms with Crippen LogP contribution in [-0.4, -0.2) is 41.6 Å². The van der Waals surface area contributed by atoms with Crippen LogP contribution in [0.2, 0.25) is 0 Å². The van der Waals surface area contributed by atoms with Crippen LogP contribution in [-0.2, 0) is 4.79 Å². The zero-order chi connectivity index (χ0) is 23.5. The van der Waals surface area contributed by atoms with Gasteiger partial charge in [-0.15, -0.1) is 0 Å². The summed E-state index contributed by atoms with van der Waals surface area (Å²) in [5, 5.41) is 9.80. The zero-order valence-corrected chi connectivity index (χ0v) is 19.8. The molecule has 1 fully saturated rings. The van der Waals surface area contributed by atoms with Gasteiger partial charge in [0.25, 0.3) is 5.91 Å². The molecule has 0 N–H and O–H groups in total. The van der Waals surface area contributed by atoms with Gasteiger partial charge in [0.2, 0.25) is 0 Å². The molecule has 2 heterocycles. The predicted molar refractivity (Wildman–Crippen MR) is 134 cm³/mol. The number of benzene rings is 2. The summed E-state index contributed by atoms with van der Waals surface area (Å²) in [5.41, 5.74) is 7.95. The molecule has 33 heavy (non-hydrogen) atoms. The van der Waals surface area contributed by atoms with Crippen LogP contribution in [0.4, 0.5) is 5.69 Å². The molecule has 5 nitrogen and oxygen atoms in total. The smallest absolute Gasteiger partial charge is 0.264 e. The van der Waals surface area contributed by atoms with Gasteiger partial charge in [0.15, 0.2) is 0 Å². The predicted octanol–water partition coefficient (Wildman–Crippen LogP) is 4.97. The van der Waals surface area contributed by atoms with Crippen molar-refractivity contribution in [2.24, 2.45) is 0 Å². The van der Waals surface area contributed by atoms with E-state index in [2.05, 4.69) is 72.7 Å². The number of carbonyl (C=O) groups excluding carboxylic acids is 1. The van der Waals surface area contributed by atoms with Gasteiger partial charge in [0.1, 0.15) is 11.6 Å². The Bertz CT molecular complexity index is 1240. The van der Waals surface area contributed by atoms with Crippen LogP contribution in [0.15, 0.2) is 60.2 Å². The zero-order valence-electron chi connectivity index (χ0n) is 19.8. The first-order valence-electron chi connectivity index (χ1n) is 11.4. The lowest BCUT2D eigenvalue weighted by Crippen LogP contribution is -2.49. The standard InChI is InChI=1S/C28H30N4O/c1-20-9-8-12-27(22(20)3)32-21(2)17-24(23(32)4)18-25(19-29)28(33)31-15-13-30(14-16-31)26-10-6-5-7-11-26/h5-12,17-18H,13-16H2,1-4H3/b25-18+. The maximum atomic E-state index is 13.2. The number of hydrogen-bond acceptors (Lipinski definition) is 3. The summed E-state index contributed by atoms with van der Waals surface area (Å²) in [6.07, 6.45) is 1.75. The Balaban J connectivity index is 1.56. The summed E-state index contributed by atoms with van der Waals surface area (Å²) in [6.45, 7) is 11.1. The number of hydrogen-bond donors (Lipinski definition) is 0. The molecule has 2 aromatic carbocycles. The highest BCUT2D eigenvalue weighted by molar-refractivity contribution is 6.02. The lowest BCUT2D eigenvalue weighted by Gasteiger charge is -2.36. The molecular formula is C28H30N4O. The molecule has 0 radical (unpaired) electrons. The molecule has 1 aliphatic rings. The maximum Gasteiger partial charge on any atom is 0.264 e. The van der Waals surface area contributed by atoms with E-state index in [1.54, 1.807) is 11.0 Å². The van der Waals surface area contributed by atoms with Crippen LogP contribution in [0.3, 0.4) is 0 Å². The molecule has 0 unspecified atom stereocenters. The Kier molecular flexibility index (Phi) is 6.37. The highest BCUT2D eigenvalue weighted by Gasteiger charge is 2.24. The topological polar surface area (TPSA) is 52.3 Å². The van der Waals surface area contributed by atoms with E-state index in [0.717, 1.165) is 35.7 Å². The Morgan fingerprint density at radius 3 is 2.30 bits per heavy atom. The maximum absolute atomic E-state index is 13.2. The Labute approximate surface area is 196 Å². The fraction of sp³-hybridized carbons (Fsp3) is 0.286. The molecule has 168 valence electrons. The summed E-state index contributed by atoms with van der Waals surface area (Å²) in [7, 11) is 0. The first kappa shape index (κ1) is 22.4. The van der Waals surface area contributed by atoms with Crippen LogP contribution in [0.25, 0.3) is 11.8 Å². The number of nitriles is 1. The van der Waals surface area contributed by atoms with Gasteiger partial charge in [-0.1, -0.05) is 30.3 Å². The SMILES string of the molecule is Cc1cccc(-n2c(C)cc(/C=C(\C#N)C(=O)N3CCN(c4ccccc4)CC3)c2C)c1C. The third-order valence-corrected chi connectivity index (χ3v) is 6.63. The minimum Gasteiger partial charge on any atom is -0.368 e. The number of rotatable bonds is 4. The minimum absolute atomic E-state index is 0.185. The van der Waals surface area contributed by atoms with E-state index >= 15 is 0 Å². The fourth-order valence-corrected chi connectivity index (χ4v) is 4.56. The Morgan fingerprint density at radius 1 is 0.939 bits per heavy atom. The van der Waals surface area contributed by atoms with E-state index < -0.39 is 0 Å². The minimum atomic E-state index is -0.193. The van der Waals surface area contributed by atoms with Crippen molar-refractivity contribution in [1.82, 2.24) is 9.47 Å². The van der Waals surface area contributed by atoms with Crippen LogP contribution in [0.1, 0.15) is 28.1 Å². The molecule has 1 amide bonds. The van der Waals surface area contributed by atoms with E-state index in [9.17, 15) is 10.1 Å². The summed E-state index contributed by atoms with van der Waals surface area (Å²) >= 11 is 0. The van der Waals surface area contributed by atoms with Crippen LogP contribution in [0, 0.1) is 39.0 Å². The van der Waals surface area contributed by atoms with E-state index in [0.29, 0.717) is 13.1 Å². The highest BCUT2D eigenvalue weighted by atomic mass is 16.2. The first-order valence-corrected chi connectivity index (χ1v) is 11.4. The molecule has 5 heteroatoms. The molecule has 1 aromatic heterocycles. The van der Waals surface area contributed by atoms with Gasteiger partial charge in [0.05, 0.1) is 0 Å². The van der Waals surface area contributed by atoms with Gasteiger partial charge in [-0.3, -0.25) is 4.79 Å². The number of amides is 1. The average molecular weight is 439 g/mol. The second-order valence-corrected chi connectivity index (χ2v) is 8.67. The lowest BCUT2D eigenvalue weighted by molar-refractivity contribution is -0.126. The summed E-state index contributed by atoms with van der Waals surface area (Å²) in [4.78, 5) is 17.2. The van der Waals surface area contributed by atoms with Gasteiger partial charge in [-0.25, -0.2) is 0 Å². The van der Waals surface area contributed by atoms with Gasteiger partial charge < -0.3 is 14.4 Å². The molecule has 0 spiro atoms. The Hall–Kier alpha value is -3.78. The number of nitrogens with zero attached hydrogens (tertiary/aromatic N) is 4. The normalized spacial score (nSPS) is 14.3. The monoisotopic (exact) mass is 438 g/mol. The fourth-order valence-electron chi connectivity index (χ4n) is 4.56. The first-order chi connectivity index (χ1) is 15.9. The van der Waals surface area contributed by atoms with Crippen LogP contribution >= 0.6 is 0 Å². The number of carbonyl (C=O) groups is 1. The summed E-state index contributed by atoms with van der Waals surface area (Å²) in [6, 6.07) is 20.7. The summed E-state index contributed by atoms with van der Waals surface area (Å²) in [5.74, 6) is -0.193. The highest BCUT2D eigenvalue weighted by Crippen LogP contribution is 2.26. The second-order valence-electron chi connectivity index (χ2n) is 8.67. The van der Waals surface area contributed by atoms with Crippen molar-refractivity contribution in [2.45, 2.75) is 27.7 Å². The number of para-hydroxylation sites is 1. The average Bonchev–Trinajstić information content (AvgIpc) is 3.12.